The van der Waals surface area contributed by atoms with Gasteiger partial charge in [0.15, 0.2) is 5.75 Å². The zero-order chi connectivity index (χ0) is 24.1. The van der Waals surface area contributed by atoms with Gasteiger partial charge in [0.05, 0.1) is 11.9 Å². The van der Waals surface area contributed by atoms with Crippen molar-refractivity contribution < 1.29 is 22.3 Å². The van der Waals surface area contributed by atoms with Gasteiger partial charge in [-0.15, -0.1) is 0 Å². The van der Waals surface area contributed by atoms with E-state index in [0.717, 1.165) is 16.2 Å². The highest BCUT2D eigenvalue weighted by Gasteiger charge is 2.28. The highest BCUT2D eigenvalue weighted by molar-refractivity contribution is 7.92. The number of nitrogens with zero attached hydrogens (tertiary/aromatic N) is 3. The van der Waals surface area contributed by atoms with Gasteiger partial charge in [-0.1, -0.05) is 30.3 Å². The van der Waals surface area contributed by atoms with Crippen LogP contribution >= 0.6 is 0 Å². The van der Waals surface area contributed by atoms with Crippen molar-refractivity contribution >= 4 is 27.3 Å². The molecule has 178 valence electrons. The van der Waals surface area contributed by atoms with Crippen molar-refractivity contribution in [3.05, 3.63) is 84.7 Å². The number of sulfonamides is 1. The zero-order valence-corrected chi connectivity index (χ0v) is 19.6. The minimum atomic E-state index is -3.76. The molecule has 0 aliphatic carbocycles. The van der Waals surface area contributed by atoms with E-state index < -0.39 is 10.0 Å². The van der Waals surface area contributed by atoms with E-state index in [9.17, 15) is 17.6 Å². The molecule has 0 spiro atoms. The van der Waals surface area contributed by atoms with E-state index in [4.69, 9.17) is 4.74 Å². The second kappa shape index (κ2) is 10.1. The fourth-order valence-electron chi connectivity index (χ4n) is 3.83. The number of amides is 1. The lowest BCUT2D eigenvalue weighted by Gasteiger charge is -2.37. The van der Waals surface area contributed by atoms with Gasteiger partial charge in [0.2, 0.25) is 15.9 Å². The molecule has 0 aromatic heterocycles. The minimum absolute atomic E-state index is 0.293. The van der Waals surface area contributed by atoms with Gasteiger partial charge < -0.3 is 14.5 Å². The highest BCUT2D eigenvalue weighted by Crippen LogP contribution is 2.33. The molecule has 0 unspecified atom stereocenters. The Morgan fingerprint density at radius 2 is 1.53 bits per heavy atom. The number of hydrogen-bond donors (Lipinski definition) is 0. The Morgan fingerprint density at radius 1 is 0.912 bits per heavy atom. The van der Waals surface area contributed by atoms with Gasteiger partial charge in [0, 0.05) is 31.9 Å². The van der Waals surface area contributed by atoms with E-state index in [1.165, 1.54) is 12.1 Å². The minimum Gasteiger partial charge on any atom is -0.455 e. The Kier molecular flexibility index (Phi) is 7.02. The quantitative estimate of drug-likeness (QED) is 0.512. The third kappa shape index (κ3) is 5.66. The predicted molar refractivity (Wildman–Crippen MR) is 130 cm³/mol. The van der Waals surface area contributed by atoms with Crippen LogP contribution in [0, 0.1) is 5.82 Å². The summed E-state index contributed by atoms with van der Waals surface area (Å²) in [6.45, 7) is 1.70. The van der Waals surface area contributed by atoms with Crippen LogP contribution in [-0.2, 0) is 14.8 Å². The van der Waals surface area contributed by atoms with Crippen LogP contribution in [-0.4, -0.2) is 58.2 Å². The van der Waals surface area contributed by atoms with E-state index >= 15 is 0 Å². The van der Waals surface area contributed by atoms with Crippen molar-refractivity contribution in [1.29, 1.82) is 0 Å². The molecule has 1 aliphatic heterocycles. The summed E-state index contributed by atoms with van der Waals surface area (Å²) < 4.78 is 45.6. The third-order valence-corrected chi connectivity index (χ3v) is 6.73. The molecule has 1 aliphatic rings. The molecule has 0 radical (unpaired) electrons. The van der Waals surface area contributed by atoms with Gasteiger partial charge in [0.1, 0.15) is 18.1 Å². The predicted octanol–water partition coefficient (Wildman–Crippen LogP) is 3.73. The summed E-state index contributed by atoms with van der Waals surface area (Å²) in [5, 5.41) is 0. The van der Waals surface area contributed by atoms with Crippen LogP contribution in [0.25, 0.3) is 0 Å². The van der Waals surface area contributed by atoms with E-state index in [1.807, 2.05) is 18.2 Å². The van der Waals surface area contributed by atoms with E-state index in [0.29, 0.717) is 43.4 Å². The number of carbonyl (C=O) groups excluding carboxylic acids is 1. The van der Waals surface area contributed by atoms with Gasteiger partial charge in [-0.05, 0) is 48.5 Å². The number of carbonyl (C=O) groups is 1. The zero-order valence-electron chi connectivity index (χ0n) is 18.8. The molecule has 0 N–H and O–H groups in total. The van der Waals surface area contributed by atoms with Gasteiger partial charge in [-0.2, -0.15) is 0 Å². The Hall–Kier alpha value is -3.59. The molecule has 1 saturated heterocycles. The van der Waals surface area contributed by atoms with Crippen molar-refractivity contribution in [3.63, 3.8) is 0 Å². The van der Waals surface area contributed by atoms with Gasteiger partial charge >= 0.3 is 0 Å². The van der Waals surface area contributed by atoms with Crippen molar-refractivity contribution in [3.8, 4) is 11.5 Å². The average Bonchev–Trinajstić information content (AvgIpc) is 2.83. The summed E-state index contributed by atoms with van der Waals surface area (Å²) in [4.78, 5) is 16.8. The number of anilines is 2. The van der Waals surface area contributed by atoms with Crippen LogP contribution in [0.1, 0.15) is 0 Å². The number of halogens is 1. The summed E-state index contributed by atoms with van der Waals surface area (Å²) in [7, 11) is -3.76. The molecular weight excluding hydrogens is 457 g/mol. The van der Waals surface area contributed by atoms with Crippen LogP contribution in [0.4, 0.5) is 15.8 Å². The SMILES string of the molecule is CS(=O)(=O)N(CC(=O)N1CCN(c2ccc(F)cc2)CC1)c1ccccc1Oc1ccccc1. The highest BCUT2D eigenvalue weighted by atomic mass is 32.2. The molecule has 3 aromatic carbocycles. The molecule has 7 nitrogen and oxygen atoms in total. The Balaban J connectivity index is 1.48. The summed E-state index contributed by atoms with van der Waals surface area (Å²) in [5.41, 5.74) is 1.19. The first-order valence-corrected chi connectivity index (χ1v) is 12.7. The summed E-state index contributed by atoms with van der Waals surface area (Å²) in [5.74, 6) is 0.313. The molecule has 0 saturated carbocycles. The maximum Gasteiger partial charge on any atom is 0.243 e. The molecular formula is C25H26FN3O4S. The number of para-hydroxylation sites is 3. The average molecular weight is 484 g/mol. The largest absolute Gasteiger partial charge is 0.455 e. The third-order valence-electron chi connectivity index (χ3n) is 5.61. The van der Waals surface area contributed by atoms with Gasteiger partial charge in [-0.25, -0.2) is 12.8 Å². The normalized spacial score (nSPS) is 14.1. The van der Waals surface area contributed by atoms with Crippen LogP contribution in [0.2, 0.25) is 0 Å². The summed E-state index contributed by atoms with van der Waals surface area (Å²) >= 11 is 0. The standard InChI is InChI=1S/C25H26FN3O4S/c1-34(31,32)29(23-9-5-6-10-24(23)33-22-7-3-2-4-8-22)19-25(30)28-17-15-27(16-18-28)21-13-11-20(26)12-14-21/h2-14H,15-19H2,1H3. The smallest absolute Gasteiger partial charge is 0.243 e. The molecule has 1 amide bonds. The van der Waals surface area contributed by atoms with Crippen molar-refractivity contribution in [2.75, 3.05) is 48.2 Å². The number of ether oxygens (including phenoxy) is 1. The monoisotopic (exact) mass is 483 g/mol. The summed E-state index contributed by atoms with van der Waals surface area (Å²) in [6.07, 6.45) is 1.08. The lowest BCUT2D eigenvalue weighted by atomic mass is 10.2. The molecule has 1 fully saturated rings. The second-order valence-corrected chi connectivity index (χ2v) is 9.90. The molecule has 0 bridgehead atoms. The fraction of sp³-hybridized carbons (Fsp3) is 0.240. The number of hydrogen-bond acceptors (Lipinski definition) is 5. The van der Waals surface area contributed by atoms with Crippen LogP contribution in [0.5, 0.6) is 11.5 Å². The van der Waals surface area contributed by atoms with Crippen molar-refractivity contribution in [2.24, 2.45) is 0 Å². The van der Waals surface area contributed by atoms with E-state index in [-0.39, 0.29) is 18.3 Å². The Labute approximate surface area is 199 Å². The van der Waals surface area contributed by atoms with Crippen LogP contribution < -0.4 is 13.9 Å². The number of piperazine rings is 1. The molecule has 4 rings (SSSR count). The molecule has 3 aromatic rings. The first-order chi connectivity index (χ1) is 16.3. The maximum atomic E-state index is 13.2. The fourth-order valence-corrected chi connectivity index (χ4v) is 4.69. The second-order valence-electron chi connectivity index (χ2n) is 8.00. The molecule has 1 heterocycles. The van der Waals surface area contributed by atoms with E-state index in [2.05, 4.69) is 4.90 Å². The van der Waals surface area contributed by atoms with Crippen LogP contribution in [0.15, 0.2) is 78.9 Å². The van der Waals surface area contributed by atoms with Gasteiger partial charge in [-0.3, -0.25) is 9.10 Å². The number of benzene rings is 3. The topological polar surface area (TPSA) is 70.2 Å². The Bertz CT molecular complexity index is 1230. The van der Waals surface area contributed by atoms with Gasteiger partial charge in [0.25, 0.3) is 0 Å². The van der Waals surface area contributed by atoms with Crippen LogP contribution in [0.3, 0.4) is 0 Å². The van der Waals surface area contributed by atoms with Crippen molar-refractivity contribution in [2.45, 2.75) is 0 Å². The lowest BCUT2D eigenvalue weighted by Crippen LogP contribution is -2.52. The molecule has 34 heavy (non-hydrogen) atoms. The number of rotatable bonds is 7. The molecule has 9 heteroatoms. The Morgan fingerprint density at radius 3 is 2.18 bits per heavy atom. The van der Waals surface area contributed by atoms with Crippen molar-refractivity contribution in [1.82, 2.24) is 4.90 Å². The summed E-state index contributed by atoms with van der Waals surface area (Å²) in [6, 6.07) is 22.0. The first-order valence-electron chi connectivity index (χ1n) is 10.9. The molecule has 0 atom stereocenters. The first kappa shape index (κ1) is 23.6. The van der Waals surface area contributed by atoms with E-state index in [1.54, 1.807) is 53.4 Å². The maximum absolute atomic E-state index is 13.2. The lowest BCUT2D eigenvalue weighted by molar-refractivity contribution is -0.129.